The van der Waals surface area contributed by atoms with E-state index in [0.29, 0.717) is 5.76 Å². The number of hydrogen-bond donors (Lipinski definition) is 3. The van der Waals surface area contributed by atoms with E-state index in [0.717, 1.165) is 12.3 Å². The zero-order valence-electron chi connectivity index (χ0n) is 9.17. The summed E-state index contributed by atoms with van der Waals surface area (Å²) >= 11 is 0. The van der Waals surface area contributed by atoms with E-state index in [4.69, 9.17) is 9.63 Å². The molecule has 0 amide bonds. The van der Waals surface area contributed by atoms with Gasteiger partial charge in [-0.05, 0) is 13.0 Å². The fraction of sp³-hybridized carbons (Fsp3) is 0.111. The number of hydrogen-bond acceptors (Lipinski definition) is 5. The summed E-state index contributed by atoms with van der Waals surface area (Å²) in [7, 11) is -3.88. The third-order valence-corrected chi connectivity index (χ3v) is 3.40. The first-order valence-corrected chi connectivity index (χ1v) is 6.24. The SMILES string of the molecule is Cc1cc(NS(=O)(=O)c2c[nH]c(C(=O)O)c2)no1. The van der Waals surface area contributed by atoms with E-state index in [1.54, 1.807) is 6.92 Å². The predicted octanol–water partition coefficient (Wildman–Crippen LogP) is 0.810. The number of H-pyrrole nitrogens is 1. The number of rotatable bonds is 4. The highest BCUT2D eigenvalue weighted by Gasteiger charge is 2.19. The Balaban J connectivity index is 2.27. The highest BCUT2D eigenvalue weighted by molar-refractivity contribution is 7.92. The molecular weight excluding hydrogens is 262 g/mol. The van der Waals surface area contributed by atoms with Gasteiger partial charge in [-0.1, -0.05) is 5.16 Å². The minimum absolute atomic E-state index is 0.0329. The van der Waals surface area contributed by atoms with E-state index in [1.165, 1.54) is 6.07 Å². The van der Waals surface area contributed by atoms with Gasteiger partial charge in [0.25, 0.3) is 10.0 Å². The van der Waals surface area contributed by atoms with Crippen molar-refractivity contribution in [1.82, 2.24) is 10.1 Å². The molecule has 0 aromatic carbocycles. The summed E-state index contributed by atoms with van der Waals surface area (Å²) in [6.07, 6.45) is 1.08. The Kier molecular flexibility index (Phi) is 2.83. The van der Waals surface area contributed by atoms with Crippen molar-refractivity contribution < 1.29 is 22.8 Å². The average molecular weight is 271 g/mol. The molecule has 8 nitrogen and oxygen atoms in total. The molecule has 0 aliphatic heterocycles. The van der Waals surface area contributed by atoms with Gasteiger partial charge in [-0.15, -0.1) is 0 Å². The Morgan fingerprint density at radius 1 is 1.50 bits per heavy atom. The lowest BCUT2D eigenvalue weighted by Gasteiger charge is -2.00. The van der Waals surface area contributed by atoms with Gasteiger partial charge in [0, 0.05) is 12.3 Å². The number of aromatic amines is 1. The van der Waals surface area contributed by atoms with Crippen molar-refractivity contribution in [2.45, 2.75) is 11.8 Å². The molecule has 9 heteroatoms. The van der Waals surface area contributed by atoms with Crippen LogP contribution < -0.4 is 4.72 Å². The molecule has 2 aromatic heterocycles. The second kappa shape index (κ2) is 4.18. The number of aryl methyl sites for hydroxylation is 1. The van der Waals surface area contributed by atoms with Crippen LogP contribution in [0.3, 0.4) is 0 Å². The largest absolute Gasteiger partial charge is 0.477 e. The smallest absolute Gasteiger partial charge is 0.352 e. The van der Waals surface area contributed by atoms with Gasteiger partial charge in [0.1, 0.15) is 16.3 Å². The van der Waals surface area contributed by atoms with E-state index in [-0.39, 0.29) is 16.4 Å². The quantitative estimate of drug-likeness (QED) is 0.755. The third-order valence-electron chi connectivity index (χ3n) is 2.06. The Bertz CT molecular complexity index is 685. The zero-order valence-corrected chi connectivity index (χ0v) is 9.98. The topological polar surface area (TPSA) is 125 Å². The number of anilines is 1. The predicted molar refractivity (Wildman–Crippen MR) is 59.8 cm³/mol. The molecule has 0 saturated heterocycles. The van der Waals surface area contributed by atoms with E-state index >= 15 is 0 Å². The van der Waals surface area contributed by atoms with E-state index in [9.17, 15) is 13.2 Å². The van der Waals surface area contributed by atoms with E-state index < -0.39 is 16.0 Å². The molecule has 0 bridgehead atoms. The molecule has 0 radical (unpaired) electrons. The van der Waals surface area contributed by atoms with Crippen LogP contribution in [0.1, 0.15) is 16.2 Å². The normalized spacial score (nSPS) is 11.4. The minimum atomic E-state index is -3.88. The first-order chi connectivity index (χ1) is 8.38. The first-order valence-electron chi connectivity index (χ1n) is 4.76. The minimum Gasteiger partial charge on any atom is -0.477 e. The maximum absolute atomic E-state index is 11.8. The van der Waals surface area contributed by atoms with E-state index in [2.05, 4.69) is 14.9 Å². The standard InChI is InChI=1S/C9H9N3O5S/c1-5-2-8(11-17-5)12-18(15,16)6-3-7(9(13)14)10-4-6/h2-4,10H,1H3,(H,11,12)(H,13,14). The molecule has 2 rings (SSSR count). The summed E-state index contributed by atoms with van der Waals surface area (Å²) < 4.78 is 30.6. The van der Waals surface area contributed by atoms with Gasteiger partial charge in [0.05, 0.1) is 0 Å². The zero-order chi connectivity index (χ0) is 13.3. The van der Waals surface area contributed by atoms with Gasteiger partial charge < -0.3 is 14.6 Å². The lowest BCUT2D eigenvalue weighted by atomic mass is 10.4. The summed E-state index contributed by atoms with van der Waals surface area (Å²) in [6.45, 7) is 1.61. The number of nitrogens with zero attached hydrogens (tertiary/aromatic N) is 1. The molecule has 96 valence electrons. The lowest BCUT2D eigenvalue weighted by Crippen LogP contribution is -2.12. The van der Waals surface area contributed by atoms with Gasteiger partial charge in [-0.2, -0.15) is 0 Å². The Labute approximate surface area is 102 Å². The Morgan fingerprint density at radius 2 is 2.22 bits per heavy atom. The van der Waals surface area contributed by atoms with Crippen molar-refractivity contribution >= 4 is 21.8 Å². The summed E-state index contributed by atoms with van der Waals surface area (Å²) in [4.78, 5) is 12.8. The van der Waals surface area contributed by atoms with Crippen LogP contribution in [0.5, 0.6) is 0 Å². The summed E-state index contributed by atoms with van der Waals surface area (Å²) in [5.41, 5.74) is -0.216. The van der Waals surface area contributed by atoms with Crippen molar-refractivity contribution in [3.8, 4) is 0 Å². The van der Waals surface area contributed by atoms with Crippen LogP contribution in [0.25, 0.3) is 0 Å². The Hall–Kier alpha value is -2.29. The molecule has 0 aliphatic rings. The number of sulfonamides is 1. The molecule has 0 atom stereocenters. The molecule has 0 aliphatic carbocycles. The van der Waals surface area contributed by atoms with Crippen LogP contribution >= 0.6 is 0 Å². The number of nitrogens with one attached hydrogen (secondary N) is 2. The summed E-state index contributed by atoms with van der Waals surface area (Å²) in [5, 5.41) is 12.2. The molecule has 0 fully saturated rings. The molecule has 2 aromatic rings. The summed E-state index contributed by atoms with van der Waals surface area (Å²) in [5.74, 6) is -0.757. The first kappa shape index (κ1) is 12.2. The molecular formula is C9H9N3O5S. The number of carboxylic acid groups (broad SMARTS) is 1. The number of aromatic carboxylic acids is 1. The van der Waals surface area contributed by atoms with Gasteiger partial charge >= 0.3 is 5.97 Å². The van der Waals surface area contributed by atoms with E-state index in [1.807, 2.05) is 0 Å². The second-order valence-electron chi connectivity index (χ2n) is 3.48. The van der Waals surface area contributed by atoms with Crippen molar-refractivity contribution in [1.29, 1.82) is 0 Å². The fourth-order valence-corrected chi connectivity index (χ4v) is 2.24. The van der Waals surface area contributed by atoms with Gasteiger partial charge in [0.2, 0.25) is 0 Å². The van der Waals surface area contributed by atoms with Crippen molar-refractivity contribution in [2.75, 3.05) is 4.72 Å². The lowest BCUT2D eigenvalue weighted by molar-refractivity contribution is 0.0691. The number of carboxylic acids is 1. The van der Waals surface area contributed by atoms with Crippen molar-refractivity contribution in [3.05, 3.63) is 29.8 Å². The fourth-order valence-electron chi connectivity index (χ4n) is 1.26. The van der Waals surface area contributed by atoms with Crippen LogP contribution in [0.15, 0.2) is 27.7 Å². The van der Waals surface area contributed by atoms with Crippen LogP contribution in [0, 0.1) is 6.92 Å². The molecule has 0 unspecified atom stereocenters. The molecule has 0 spiro atoms. The maximum atomic E-state index is 11.8. The maximum Gasteiger partial charge on any atom is 0.352 e. The van der Waals surface area contributed by atoms with Gasteiger partial charge in [-0.25, -0.2) is 13.2 Å². The monoisotopic (exact) mass is 271 g/mol. The van der Waals surface area contributed by atoms with Crippen molar-refractivity contribution in [2.24, 2.45) is 0 Å². The van der Waals surface area contributed by atoms with Crippen LogP contribution in [-0.2, 0) is 10.0 Å². The summed E-state index contributed by atoms with van der Waals surface area (Å²) in [6, 6.07) is 2.42. The van der Waals surface area contributed by atoms with Gasteiger partial charge in [0.15, 0.2) is 5.82 Å². The second-order valence-corrected chi connectivity index (χ2v) is 5.16. The molecule has 18 heavy (non-hydrogen) atoms. The molecule has 3 N–H and O–H groups in total. The van der Waals surface area contributed by atoms with Crippen LogP contribution in [0.2, 0.25) is 0 Å². The highest BCUT2D eigenvalue weighted by atomic mass is 32.2. The van der Waals surface area contributed by atoms with Crippen LogP contribution in [0.4, 0.5) is 5.82 Å². The van der Waals surface area contributed by atoms with Crippen LogP contribution in [-0.4, -0.2) is 29.6 Å². The average Bonchev–Trinajstić information content (AvgIpc) is 2.86. The number of aromatic nitrogens is 2. The van der Waals surface area contributed by atoms with Gasteiger partial charge in [-0.3, -0.25) is 4.72 Å². The molecule has 2 heterocycles. The molecule has 0 saturated carbocycles. The highest BCUT2D eigenvalue weighted by Crippen LogP contribution is 2.16. The van der Waals surface area contributed by atoms with Crippen molar-refractivity contribution in [3.63, 3.8) is 0 Å². The number of carbonyl (C=O) groups is 1. The third kappa shape index (κ3) is 2.35. The Morgan fingerprint density at radius 3 is 2.72 bits per heavy atom.